The first-order valence-corrected chi connectivity index (χ1v) is 6.66. The molecule has 0 bridgehead atoms. The van der Waals surface area contributed by atoms with Crippen LogP contribution in [0.2, 0.25) is 0 Å². The SMILES string of the molecule is COC(=O)C1(C(=O)c2cc(C(C)C)ccc2C)CC1. The molecule has 1 fully saturated rings. The third-order valence-corrected chi connectivity index (χ3v) is 3.93. The lowest BCUT2D eigenvalue weighted by Crippen LogP contribution is -2.27. The van der Waals surface area contributed by atoms with Crippen LogP contribution in [-0.4, -0.2) is 18.9 Å². The molecule has 1 aromatic rings. The Morgan fingerprint density at radius 2 is 1.89 bits per heavy atom. The number of methoxy groups -OCH3 is 1. The number of ketones is 1. The minimum absolute atomic E-state index is 0.0839. The van der Waals surface area contributed by atoms with Gasteiger partial charge in [0, 0.05) is 5.56 Å². The number of aryl methyl sites for hydroxylation is 1. The molecule has 1 aromatic carbocycles. The molecule has 0 spiro atoms. The average molecular weight is 260 g/mol. The molecule has 1 saturated carbocycles. The van der Waals surface area contributed by atoms with E-state index in [0.29, 0.717) is 24.3 Å². The van der Waals surface area contributed by atoms with Crippen LogP contribution in [0.3, 0.4) is 0 Å². The Labute approximate surface area is 114 Å². The van der Waals surface area contributed by atoms with Crippen molar-refractivity contribution in [3.05, 3.63) is 34.9 Å². The second-order valence-corrected chi connectivity index (χ2v) is 5.63. The van der Waals surface area contributed by atoms with Gasteiger partial charge < -0.3 is 4.74 Å². The van der Waals surface area contributed by atoms with Crippen molar-refractivity contribution in [1.29, 1.82) is 0 Å². The second kappa shape index (κ2) is 4.80. The van der Waals surface area contributed by atoms with E-state index in [9.17, 15) is 9.59 Å². The molecule has 0 aliphatic heterocycles. The lowest BCUT2D eigenvalue weighted by atomic mass is 9.89. The number of carbonyl (C=O) groups excluding carboxylic acids is 2. The van der Waals surface area contributed by atoms with Gasteiger partial charge in [-0.2, -0.15) is 0 Å². The normalized spacial score (nSPS) is 16.3. The zero-order valence-electron chi connectivity index (χ0n) is 11.9. The third-order valence-electron chi connectivity index (χ3n) is 3.93. The highest BCUT2D eigenvalue weighted by atomic mass is 16.5. The predicted octanol–water partition coefficient (Wildman–Crippen LogP) is 3.25. The van der Waals surface area contributed by atoms with Crippen LogP contribution >= 0.6 is 0 Å². The summed E-state index contributed by atoms with van der Waals surface area (Å²) in [6, 6.07) is 5.91. The fourth-order valence-corrected chi connectivity index (χ4v) is 2.35. The number of esters is 1. The molecule has 19 heavy (non-hydrogen) atoms. The molecule has 1 aliphatic rings. The summed E-state index contributed by atoms with van der Waals surface area (Å²) in [4.78, 5) is 24.4. The van der Waals surface area contributed by atoms with Gasteiger partial charge in [0.2, 0.25) is 0 Å². The molecule has 2 rings (SSSR count). The predicted molar refractivity (Wildman–Crippen MR) is 73.3 cm³/mol. The summed E-state index contributed by atoms with van der Waals surface area (Å²) in [7, 11) is 1.34. The van der Waals surface area contributed by atoms with E-state index in [1.165, 1.54) is 7.11 Å². The summed E-state index contributed by atoms with van der Waals surface area (Å²) < 4.78 is 4.78. The standard InChI is InChI=1S/C16H20O3/c1-10(2)12-6-5-11(3)13(9-12)14(17)16(7-8-16)15(18)19-4/h5-6,9-10H,7-8H2,1-4H3. The maximum absolute atomic E-state index is 12.6. The molecular weight excluding hydrogens is 240 g/mol. The number of hydrogen-bond acceptors (Lipinski definition) is 3. The largest absolute Gasteiger partial charge is 0.468 e. The van der Waals surface area contributed by atoms with Gasteiger partial charge in [-0.3, -0.25) is 9.59 Å². The van der Waals surface area contributed by atoms with Gasteiger partial charge in [-0.25, -0.2) is 0 Å². The van der Waals surface area contributed by atoms with Crippen molar-refractivity contribution >= 4 is 11.8 Å². The van der Waals surface area contributed by atoms with Gasteiger partial charge in [0.05, 0.1) is 7.11 Å². The minimum atomic E-state index is -0.908. The van der Waals surface area contributed by atoms with E-state index in [0.717, 1.165) is 11.1 Å². The average Bonchev–Trinajstić information content (AvgIpc) is 3.18. The first-order chi connectivity index (χ1) is 8.92. The zero-order valence-corrected chi connectivity index (χ0v) is 11.9. The van der Waals surface area contributed by atoms with Crippen LogP contribution in [0.15, 0.2) is 18.2 Å². The van der Waals surface area contributed by atoms with E-state index >= 15 is 0 Å². The molecule has 3 heteroatoms. The summed E-state index contributed by atoms with van der Waals surface area (Å²) in [5, 5.41) is 0. The lowest BCUT2D eigenvalue weighted by molar-refractivity contribution is -0.145. The van der Waals surface area contributed by atoms with Crippen LogP contribution in [0, 0.1) is 12.3 Å². The van der Waals surface area contributed by atoms with Gasteiger partial charge in [-0.15, -0.1) is 0 Å². The van der Waals surface area contributed by atoms with Gasteiger partial charge in [-0.05, 0) is 42.9 Å². The van der Waals surface area contributed by atoms with E-state index < -0.39 is 11.4 Å². The molecule has 102 valence electrons. The topological polar surface area (TPSA) is 43.4 Å². The number of Topliss-reactive ketones (excluding diaryl/α,β-unsaturated/α-hetero) is 1. The Morgan fingerprint density at radius 3 is 2.37 bits per heavy atom. The fraction of sp³-hybridized carbons (Fsp3) is 0.500. The van der Waals surface area contributed by atoms with Crippen LogP contribution in [0.4, 0.5) is 0 Å². The Kier molecular flexibility index (Phi) is 3.48. The first-order valence-electron chi connectivity index (χ1n) is 6.66. The van der Waals surface area contributed by atoms with Crippen LogP contribution < -0.4 is 0 Å². The van der Waals surface area contributed by atoms with Crippen molar-refractivity contribution in [1.82, 2.24) is 0 Å². The van der Waals surface area contributed by atoms with Crippen molar-refractivity contribution in [2.45, 2.75) is 39.5 Å². The molecule has 0 radical (unpaired) electrons. The Balaban J connectivity index is 2.39. The molecular formula is C16H20O3. The molecule has 0 saturated heterocycles. The summed E-state index contributed by atoms with van der Waals surface area (Å²) in [5.74, 6) is -0.119. The third kappa shape index (κ3) is 2.29. The number of rotatable bonds is 4. The van der Waals surface area contributed by atoms with Crippen molar-refractivity contribution in [3.8, 4) is 0 Å². The molecule has 0 N–H and O–H groups in total. The van der Waals surface area contributed by atoms with Crippen LogP contribution in [0.25, 0.3) is 0 Å². The van der Waals surface area contributed by atoms with Crippen molar-refractivity contribution in [2.75, 3.05) is 7.11 Å². The molecule has 3 nitrogen and oxygen atoms in total. The second-order valence-electron chi connectivity index (χ2n) is 5.63. The van der Waals surface area contributed by atoms with Crippen LogP contribution in [0.1, 0.15) is 54.1 Å². The molecule has 0 unspecified atom stereocenters. The smallest absolute Gasteiger partial charge is 0.319 e. The van der Waals surface area contributed by atoms with E-state index in [2.05, 4.69) is 13.8 Å². The molecule has 0 heterocycles. The molecule has 0 aromatic heterocycles. The maximum Gasteiger partial charge on any atom is 0.319 e. The van der Waals surface area contributed by atoms with Crippen LogP contribution in [-0.2, 0) is 9.53 Å². The number of benzene rings is 1. The zero-order chi connectivity index (χ0) is 14.2. The molecule has 0 atom stereocenters. The van der Waals surface area contributed by atoms with Gasteiger partial charge in [0.1, 0.15) is 5.41 Å². The number of carbonyl (C=O) groups is 2. The molecule has 0 amide bonds. The van der Waals surface area contributed by atoms with Crippen molar-refractivity contribution in [3.63, 3.8) is 0 Å². The summed E-state index contributed by atoms with van der Waals surface area (Å²) >= 11 is 0. The fourth-order valence-electron chi connectivity index (χ4n) is 2.35. The highest BCUT2D eigenvalue weighted by Crippen LogP contribution is 2.49. The quantitative estimate of drug-likeness (QED) is 0.474. The lowest BCUT2D eigenvalue weighted by Gasteiger charge is -2.15. The van der Waals surface area contributed by atoms with Crippen molar-refractivity contribution < 1.29 is 14.3 Å². The Bertz CT molecular complexity index is 525. The van der Waals surface area contributed by atoms with E-state index in [4.69, 9.17) is 4.74 Å². The van der Waals surface area contributed by atoms with Gasteiger partial charge in [0.25, 0.3) is 0 Å². The summed E-state index contributed by atoms with van der Waals surface area (Å²) in [5.41, 5.74) is 1.79. The number of hydrogen-bond donors (Lipinski definition) is 0. The van der Waals surface area contributed by atoms with E-state index in [-0.39, 0.29) is 5.78 Å². The van der Waals surface area contributed by atoms with Gasteiger partial charge in [0.15, 0.2) is 5.78 Å². The maximum atomic E-state index is 12.6. The highest BCUT2D eigenvalue weighted by molar-refractivity contribution is 6.15. The monoisotopic (exact) mass is 260 g/mol. The number of ether oxygens (including phenoxy) is 1. The summed E-state index contributed by atoms with van der Waals surface area (Å²) in [6.45, 7) is 6.09. The van der Waals surface area contributed by atoms with Gasteiger partial charge in [-0.1, -0.05) is 26.0 Å². The van der Waals surface area contributed by atoms with Crippen LogP contribution in [0.5, 0.6) is 0 Å². The van der Waals surface area contributed by atoms with Gasteiger partial charge >= 0.3 is 5.97 Å². The Hall–Kier alpha value is -1.64. The van der Waals surface area contributed by atoms with E-state index in [1.54, 1.807) is 0 Å². The Morgan fingerprint density at radius 1 is 1.26 bits per heavy atom. The van der Waals surface area contributed by atoms with E-state index in [1.807, 2.05) is 25.1 Å². The summed E-state index contributed by atoms with van der Waals surface area (Å²) in [6.07, 6.45) is 1.20. The molecule has 1 aliphatic carbocycles. The van der Waals surface area contributed by atoms with Crippen molar-refractivity contribution in [2.24, 2.45) is 5.41 Å². The first kappa shape index (κ1) is 13.8. The highest BCUT2D eigenvalue weighted by Gasteiger charge is 2.57. The minimum Gasteiger partial charge on any atom is -0.468 e.